The molecular weight excluding hydrogens is 301 g/mol. The van der Waals surface area contributed by atoms with Crippen LogP contribution in [0.15, 0.2) is 29.1 Å². The third kappa shape index (κ3) is 3.41. The van der Waals surface area contributed by atoms with Crippen LogP contribution >= 0.6 is 12.2 Å². The Balaban J connectivity index is 2.54. The number of aromatic amines is 2. The van der Waals surface area contributed by atoms with Gasteiger partial charge in [0.2, 0.25) is 0 Å². The van der Waals surface area contributed by atoms with Gasteiger partial charge in [0.15, 0.2) is 4.77 Å². The Morgan fingerprint density at radius 2 is 1.86 bits per heavy atom. The average Bonchev–Trinajstić information content (AvgIpc) is 2.41. The molecule has 3 nitrogen and oxygen atoms in total. The molecule has 1 heterocycles. The van der Waals surface area contributed by atoms with Crippen LogP contribution < -0.4 is 5.56 Å². The number of alkyl halides is 3. The van der Waals surface area contributed by atoms with E-state index in [1.807, 2.05) is 0 Å². The minimum atomic E-state index is -4.45. The highest BCUT2D eigenvalue weighted by molar-refractivity contribution is 7.71. The molecule has 0 bridgehead atoms. The molecule has 0 unspecified atom stereocenters. The maximum atomic E-state index is 13.0. The third-order valence-corrected chi connectivity index (χ3v) is 3.38. The van der Waals surface area contributed by atoms with Gasteiger partial charge in [0, 0.05) is 17.7 Å². The normalized spacial score (nSPS) is 11.6. The van der Waals surface area contributed by atoms with Crippen molar-refractivity contribution in [3.05, 3.63) is 61.8 Å². The molecule has 0 radical (unpaired) electrons. The van der Waals surface area contributed by atoms with Crippen molar-refractivity contribution in [3.63, 3.8) is 0 Å². The average molecular weight is 314 g/mol. The summed E-state index contributed by atoms with van der Waals surface area (Å²) in [5.41, 5.74) is -0.277. The molecular formula is C14H13F3N2OS. The maximum Gasteiger partial charge on any atom is 0.416 e. The van der Waals surface area contributed by atoms with E-state index in [0.29, 0.717) is 12.1 Å². The molecule has 2 aromatic rings. The molecule has 2 N–H and O–H groups in total. The van der Waals surface area contributed by atoms with Crippen molar-refractivity contribution in [2.24, 2.45) is 0 Å². The van der Waals surface area contributed by atoms with Crippen LogP contribution in [0.4, 0.5) is 13.2 Å². The highest BCUT2D eigenvalue weighted by Crippen LogP contribution is 2.32. The number of nitrogens with one attached hydrogen (secondary N) is 2. The van der Waals surface area contributed by atoms with Crippen LogP contribution in [0.1, 0.15) is 29.3 Å². The Kier molecular flexibility index (Phi) is 4.32. The summed E-state index contributed by atoms with van der Waals surface area (Å²) in [5, 5.41) is 0. The second kappa shape index (κ2) is 5.85. The molecule has 0 aliphatic carbocycles. The lowest BCUT2D eigenvalue weighted by molar-refractivity contribution is -0.138. The van der Waals surface area contributed by atoms with Crippen molar-refractivity contribution < 1.29 is 13.2 Å². The lowest BCUT2D eigenvalue weighted by Crippen LogP contribution is -2.19. The highest BCUT2D eigenvalue weighted by Gasteiger charge is 2.33. The SMILES string of the molecule is CCc1[nH]c(=S)[nH]c(=O)c1Cc1ccccc1C(F)(F)F. The summed E-state index contributed by atoms with van der Waals surface area (Å²) in [7, 11) is 0. The number of halogens is 3. The molecule has 0 amide bonds. The van der Waals surface area contributed by atoms with Crippen molar-refractivity contribution in [1.29, 1.82) is 0 Å². The fraction of sp³-hybridized carbons (Fsp3) is 0.286. The van der Waals surface area contributed by atoms with Gasteiger partial charge < -0.3 is 4.98 Å². The number of H-pyrrole nitrogens is 2. The first-order valence-corrected chi connectivity index (χ1v) is 6.73. The first-order chi connectivity index (χ1) is 9.82. The molecule has 0 aliphatic rings. The van der Waals surface area contributed by atoms with E-state index in [0.717, 1.165) is 6.07 Å². The van der Waals surface area contributed by atoms with Crippen molar-refractivity contribution in [3.8, 4) is 0 Å². The minimum Gasteiger partial charge on any atom is -0.336 e. The Bertz CT molecular complexity index is 762. The molecule has 0 fully saturated rings. The lowest BCUT2D eigenvalue weighted by atomic mass is 9.98. The molecule has 0 saturated carbocycles. The standard InChI is InChI=1S/C14H13F3N2OS/c1-2-11-9(12(20)19-13(21)18-11)7-8-5-3-4-6-10(8)14(15,16)17/h3-6H,2,7H2,1H3,(H2,18,19,20,21). The zero-order valence-electron chi connectivity index (χ0n) is 11.2. The molecule has 0 spiro atoms. The molecule has 1 aromatic heterocycles. The number of aromatic nitrogens is 2. The smallest absolute Gasteiger partial charge is 0.336 e. The van der Waals surface area contributed by atoms with Crippen molar-refractivity contribution in [1.82, 2.24) is 9.97 Å². The molecule has 7 heteroatoms. The van der Waals surface area contributed by atoms with Crippen molar-refractivity contribution in [2.45, 2.75) is 25.9 Å². The summed E-state index contributed by atoms with van der Waals surface area (Å²) in [4.78, 5) is 17.2. The topological polar surface area (TPSA) is 48.6 Å². The molecule has 0 aliphatic heterocycles. The van der Waals surface area contributed by atoms with Crippen molar-refractivity contribution >= 4 is 12.2 Å². The van der Waals surface area contributed by atoms with Crippen LogP contribution in [-0.2, 0) is 19.0 Å². The van der Waals surface area contributed by atoms with Crippen LogP contribution in [0.5, 0.6) is 0 Å². The second-order valence-electron chi connectivity index (χ2n) is 4.55. The Labute approximate surface area is 123 Å². The number of benzene rings is 1. The van der Waals surface area contributed by atoms with E-state index in [9.17, 15) is 18.0 Å². The van der Waals surface area contributed by atoms with Crippen LogP contribution in [0.3, 0.4) is 0 Å². The highest BCUT2D eigenvalue weighted by atomic mass is 32.1. The minimum absolute atomic E-state index is 0.0655. The maximum absolute atomic E-state index is 13.0. The van der Waals surface area contributed by atoms with Crippen LogP contribution in [-0.4, -0.2) is 9.97 Å². The first-order valence-electron chi connectivity index (χ1n) is 6.32. The van der Waals surface area contributed by atoms with Gasteiger partial charge in [-0.05, 0) is 30.3 Å². The molecule has 2 rings (SSSR count). The summed E-state index contributed by atoms with van der Waals surface area (Å²) in [5.74, 6) is 0. The van der Waals surface area contributed by atoms with Gasteiger partial charge in [-0.25, -0.2) is 0 Å². The molecule has 1 aromatic carbocycles. The van der Waals surface area contributed by atoms with E-state index in [1.165, 1.54) is 18.2 Å². The summed E-state index contributed by atoms with van der Waals surface area (Å²) < 4.78 is 39.1. The Hall–Kier alpha value is -1.89. The number of hydrogen-bond acceptors (Lipinski definition) is 2. The predicted octanol–water partition coefficient (Wildman–Crippen LogP) is 3.60. The van der Waals surface area contributed by atoms with E-state index in [-0.39, 0.29) is 22.3 Å². The molecule has 0 atom stereocenters. The van der Waals surface area contributed by atoms with E-state index in [1.54, 1.807) is 6.92 Å². The fourth-order valence-electron chi connectivity index (χ4n) is 2.19. The van der Waals surface area contributed by atoms with Crippen LogP contribution in [0.25, 0.3) is 0 Å². The number of hydrogen-bond donors (Lipinski definition) is 2. The summed E-state index contributed by atoms with van der Waals surface area (Å²) in [6.07, 6.45) is -4.06. The molecule has 0 saturated heterocycles. The van der Waals surface area contributed by atoms with Crippen LogP contribution in [0, 0.1) is 4.77 Å². The van der Waals surface area contributed by atoms with Gasteiger partial charge in [0.05, 0.1) is 5.56 Å². The first kappa shape index (κ1) is 15.5. The van der Waals surface area contributed by atoms with E-state index in [2.05, 4.69) is 9.97 Å². The second-order valence-corrected chi connectivity index (χ2v) is 4.96. The van der Waals surface area contributed by atoms with Crippen LogP contribution in [0.2, 0.25) is 0 Å². The van der Waals surface area contributed by atoms with Crippen molar-refractivity contribution in [2.75, 3.05) is 0 Å². The Morgan fingerprint density at radius 3 is 2.48 bits per heavy atom. The predicted molar refractivity (Wildman–Crippen MR) is 75.9 cm³/mol. The van der Waals surface area contributed by atoms with Gasteiger partial charge >= 0.3 is 6.18 Å². The van der Waals surface area contributed by atoms with E-state index in [4.69, 9.17) is 12.2 Å². The van der Waals surface area contributed by atoms with Gasteiger partial charge in [-0.15, -0.1) is 0 Å². The number of aryl methyl sites for hydroxylation is 1. The zero-order chi connectivity index (χ0) is 15.6. The molecule has 112 valence electrons. The monoisotopic (exact) mass is 314 g/mol. The van der Waals surface area contributed by atoms with E-state index < -0.39 is 17.3 Å². The number of rotatable bonds is 3. The third-order valence-electron chi connectivity index (χ3n) is 3.17. The van der Waals surface area contributed by atoms with Gasteiger partial charge in [0.1, 0.15) is 0 Å². The Morgan fingerprint density at radius 1 is 1.19 bits per heavy atom. The van der Waals surface area contributed by atoms with Gasteiger partial charge in [-0.2, -0.15) is 13.2 Å². The lowest BCUT2D eigenvalue weighted by Gasteiger charge is -2.13. The fourth-order valence-corrected chi connectivity index (χ4v) is 2.41. The quantitative estimate of drug-likeness (QED) is 0.850. The van der Waals surface area contributed by atoms with Gasteiger partial charge in [-0.1, -0.05) is 25.1 Å². The van der Waals surface area contributed by atoms with Gasteiger partial charge in [-0.3, -0.25) is 9.78 Å². The summed E-state index contributed by atoms with van der Waals surface area (Å²) >= 11 is 4.87. The summed E-state index contributed by atoms with van der Waals surface area (Å²) in [6, 6.07) is 5.24. The largest absolute Gasteiger partial charge is 0.416 e. The van der Waals surface area contributed by atoms with E-state index >= 15 is 0 Å². The molecule has 21 heavy (non-hydrogen) atoms. The zero-order valence-corrected chi connectivity index (χ0v) is 12.0. The van der Waals surface area contributed by atoms with Gasteiger partial charge in [0.25, 0.3) is 5.56 Å². The summed E-state index contributed by atoms with van der Waals surface area (Å²) in [6.45, 7) is 1.80.